The minimum absolute atomic E-state index is 0.0335. The van der Waals surface area contributed by atoms with E-state index in [0.717, 1.165) is 0 Å². The molecule has 1 heterocycles. The molecule has 0 spiro atoms. The number of hydrogen-bond donors (Lipinski definition) is 2. The van der Waals surface area contributed by atoms with E-state index < -0.39 is 18.6 Å². The number of rotatable bonds is 6. The normalized spacial score (nSPS) is 12.2. The van der Waals surface area contributed by atoms with Gasteiger partial charge in [0.15, 0.2) is 0 Å². The van der Waals surface area contributed by atoms with E-state index in [1.165, 1.54) is 17.4 Å². The summed E-state index contributed by atoms with van der Waals surface area (Å²) in [4.78, 5) is 16.2. The molecule has 0 aliphatic rings. The van der Waals surface area contributed by atoms with Crippen LogP contribution < -0.4 is 15.8 Å². The first-order chi connectivity index (χ1) is 10.5. The van der Waals surface area contributed by atoms with E-state index in [1.54, 1.807) is 30.5 Å². The van der Waals surface area contributed by atoms with Crippen LogP contribution in [0, 0.1) is 0 Å². The number of aromatic nitrogens is 1. The molecule has 0 saturated heterocycles. The van der Waals surface area contributed by atoms with E-state index in [1.807, 2.05) is 0 Å². The molecule has 0 bridgehead atoms. The summed E-state index contributed by atoms with van der Waals surface area (Å²) in [5, 5.41) is 4.96. The Bertz CT molecular complexity index is 649. The van der Waals surface area contributed by atoms with E-state index in [9.17, 15) is 13.6 Å². The Morgan fingerprint density at radius 3 is 2.82 bits per heavy atom. The molecular weight excluding hydrogens is 312 g/mol. The number of thiazole rings is 1. The molecule has 118 valence electrons. The van der Waals surface area contributed by atoms with Crippen LogP contribution in [0.1, 0.15) is 34.0 Å². The minimum Gasteiger partial charge on any atom is -0.434 e. The number of halogens is 2. The van der Waals surface area contributed by atoms with Crippen molar-refractivity contribution >= 4 is 17.2 Å². The lowest BCUT2D eigenvalue weighted by atomic mass is 10.1. The summed E-state index contributed by atoms with van der Waals surface area (Å²) < 4.78 is 29.3. The molecule has 22 heavy (non-hydrogen) atoms. The number of hydrogen-bond acceptors (Lipinski definition) is 5. The average molecular weight is 327 g/mol. The van der Waals surface area contributed by atoms with Crippen molar-refractivity contribution in [3.63, 3.8) is 0 Å². The van der Waals surface area contributed by atoms with E-state index in [2.05, 4.69) is 15.0 Å². The predicted octanol–water partition coefficient (Wildman–Crippen LogP) is 2.69. The smallest absolute Gasteiger partial charge is 0.387 e. The Morgan fingerprint density at radius 2 is 2.18 bits per heavy atom. The molecule has 8 heteroatoms. The Balaban J connectivity index is 2.11. The summed E-state index contributed by atoms with van der Waals surface area (Å²) in [6.07, 6.45) is 0. The van der Waals surface area contributed by atoms with Gasteiger partial charge in [0.2, 0.25) is 0 Å². The highest BCUT2D eigenvalue weighted by Gasteiger charge is 2.18. The molecule has 2 aromatic rings. The van der Waals surface area contributed by atoms with Crippen LogP contribution in [-0.2, 0) is 6.54 Å². The zero-order valence-corrected chi connectivity index (χ0v) is 12.6. The number of nitrogens with zero attached hydrogens (tertiary/aromatic N) is 1. The lowest BCUT2D eigenvalue weighted by Crippen LogP contribution is -2.27. The molecule has 2 rings (SSSR count). The Hall–Kier alpha value is -2.06. The predicted molar refractivity (Wildman–Crippen MR) is 79.0 cm³/mol. The summed E-state index contributed by atoms with van der Waals surface area (Å²) in [5.41, 5.74) is 6.17. The van der Waals surface area contributed by atoms with Gasteiger partial charge >= 0.3 is 6.61 Å². The van der Waals surface area contributed by atoms with Gasteiger partial charge in [-0.2, -0.15) is 8.78 Å². The third-order valence-corrected chi connectivity index (χ3v) is 3.78. The molecule has 0 aliphatic heterocycles. The first-order valence-electron chi connectivity index (χ1n) is 6.50. The van der Waals surface area contributed by atoms with Gasteiger partial charge in [-0.1, -0.05) is 18.2 Å². The van der Waals surface area contributed by atoms with Gasteiger partial charge in [0, 0.05) is 17.5 Å². The maximum Gasteiger partial charge on any atom is 0.387 e. The fourth-order valence-electron chi connectivity index (χ4n) is 1.90. The van der Waals surface area contributed by atoms with Crippen LogP contribution in [-0.4, -0.2) is 17.5 Å². The topological polar surface area (TPSA) is 77.2 Å². The van der Waals surface area contributed by atoms with Gasteiger partial charge in [-0.15, -0.1) is 11.3 Å². The molecular formula is C14H15F2N3O2S. The third-order valence-electron chi connectivity index (χ3n) is 2.91. The van der Waals surface area contributed by atoms with E-state index in [0.29, 0.717) is 10.6 Å². The number of carbonyl (C=O) groups excluding carboxylic acids is 1. The van der Waals surface area contributed by atoms with Crippen molar-refractivity contribution in [2.45, 2.75) is 26.1 Å². The highest BCUT2D eigenvalue weighted by Crippen LogP contribution is 2.26. The largest absolute Gasteiger partial charge is 0.434 e. The molecule has 1 atom stereocenters. The minimum atomic E-state index is -2.92. The van der Waals surface area contributed by atoms with Crippen molar-refractivity contribution < 1.29 is 18.3 Å². The third kappa shape index (κ3) is 3.99. The quantitative estimate of drug-likeness (QED) is 0.855. The van der Waals surface area contributed by atoms with Gasteiger partial charge in [0.1, 0.15) is 16.5 Å². The van der Waals surface area contributed by atoms with Gasteiger partial charge in [0.05, 0.1) is 6.04 Å². The van der Waals surface area contributed by atoms with E-state index >= 15 is 0 Å². The lowest BCUT2D eigenvalue weighted by molar-refractivity contribution is -0.0506. The fourth-order valence-corrected chi connectivity index (χ4v) is 2.55. The van der Waals surface area contributed by atoms with Crippen molar-refractivity contribution in [1.29, 1.82) is 0 Å². The van der Waals surface area contributed by atoms with Crippen molar-refractivity contribution in [1.82, 2.24) is 10.3 Å². The van der Waals surface area contributed by atoms with Gasteiger partial charge < -0.3 is 15.8 Å². The van der Waals surface area contributed by atoms with Crippen LogP contribution in [0.3, 0.4) is 0 Å². The molecule has 3 N–H and O–H groups in total. The molecule has 0 fully saturated rings. The van der Waals surface area contributed by atoms with Crippen molar-refractivity contribution in [2.75, 3.05) is 0 Å². The number of nitrogens with two attached hydrogens (primary N) is 1. The first-order valence-corrected chi connectivity index (χ1v) is 7.38. The monoisotopic (exact) mass is 327 g/mol. The van der Waals surface area contributed by atoms with Gasteiger partial charge in [-0.25, -0.2) is 4.98 Å². The van der Waals surface area contributed by atoms with E-state index in [4.69, 9.17) is 5.73 Å². The number of alkyl halides is 2. The molecule has 1 amide bonds. The van der Waals surface area contributed by atoms with Crippen LogP contribution in [0.2, 0.25) is 0 Å². The van der Waals surface area contributed by atoms with Crippen LogP contribution >= 0.6 is 11.3 Å². The van der Waals surface area contributed by atoms with Gasteiger partial charge in [-0.3, -0.25) is 4.79 Å². The number of amides is 1. The number of para-hydroxylation sites is 1. The standard InChI is InChI=1S/C14H15F2N3O2S/c1-8(9-4-2-3-5-11(9)21-14(15)16)18-13(20)10-7-22-12(6-17)19-10/h2-5,7-8,14H,6,17H2,1H3,(H,18,20). The van der Waals surface area contributed by atoms with Gasteiger partial charge in [0.25, 0.3) is 5.91 Å². The van der Waals surface area contributed by atoms with Crippen molar-refractivity contribution in [3.05, 3.63) is 45.9 Å². The summed E-state index contributed by atoms with van der Waals surface area (Å²) in [7, 11) is 0. The second kappa shape index (κ2) is 7.28. The highest BCUT2D eigenvalue weighted by atomic mass is 32.1. The maximum atomic E-state index is 12.4. The number of nitrogens with one attached hydrogen (secondary N) is 1. The summed E-state index contributed by atoms with van der Waals surface area (Å²) in [6.45, 7) is -0.977. The van der Waals surface area contributed by atoms with Gasteiger partial charge in [-0.05, 0) is 13.0 Å². The number of carbonyl (C=O) groups is 1. The SMILES string of the molecule is CC(NC(=O)c1csc(CN)n1)c1ccccc1OC(F)F. The van der Waals surface area contributed by atoms with E-state index in [-0.39, 0.29) is 18.0 Å². The zero-order valence-electron chi connectivity index (χ0n) is 11.8. The average Bonchev–Trinajstić information content (AvgIpc) is 2.96. The first kappa shape index (κ1) is 16.3. The molecule has 1 unspecified atom stereocenters. The number of benzene rings is 1. The van der Waals surface area contributed by atoms with Crippen LogP contribution in [0.5, 0.6) is 5.75 Å². The Kier molecular flexibility index (Phi) is 5.40. The van der Waals surface area contributed by atoms with Crippen LogP contribution in [0.25, 0.3) is 0 Å². The Morgan fingerprint density at radius 1 is 1.45 bits per heavy atom. The Labute approximate surface area is 130 Å². The molecule has 0 aliphatic carbocycles. The summed E-state index contributed by atoms with van der Waals surface area (Å²) >= 11 is 1.29. The van der Waals surface area contributed by atoms with Crippen LogP contribution in [0.15, 0.2) is 29.6 Å². The lowest BCUT2D eigenvalue weighted by Gasteiger charge is -2.17. The number of ether oxygens (including phenoxy) is 1. The summed E-state index contributed by atoms with van der Waals surface area (Å²) in [6, 6.07) is 5.81. The highest BCUT2D eigenvalue weighted by molar-refractivity contribution is 7.09. The second-order valence-electron chi connectivity index (χ2n) is 4.44. The fraction of sp³-hybridized carbons (Fsp3) is 0.286. The maximum absolute atomic E-state index is 12.4. The zero-order chi connectivity index (χ0) is 16.1. The molecule has 1 aromatic heterocycles. The van der Waals surface area contributed by atoms with Crippen molar-refractivity contribution in [3.8, 4) is 5.75 Å². The molecule has 5 nitrogen and oxygen atoms in total. The molecule has 0 saturated carbocycles. The molecule has 0 radical (unpaired) electrons. The summed E-state index contributed by atoms with van der Waals surface area (Å²) in [5.74, 6) is -0.360. The van der Waals surface area contributed by atoms with Crippen LogP contribution in [0.4, 0.5) is 8.78 Å². The second-order valence-corrected chi connectivity index (χ2v) is 5.38. The van der Waals surface area contributed by atoms with Crippen molar-refractivity contribution in [2.24, 2.45) is 5.73 Å². The molecule has 1 aromatic carbocycles.